The molecule has 2 rings (SSSR count). The van der Waals surface area contributed by atoms with E-state index in [2.05, 4.69) is 5.32 Å². The molecule has 0 saturated heterocycles. The van der Waals surface area contributed by atoms with Crippen LogP contribution in [0.15, 0.2) is 35.9 Å². The van der Waals surface area contributed by atoms with E-state index >= 15 is 0 Å². The van der Waals surface area contributed by atoms with Crippen LogP contribution in [-0.2, 0) is 6.42 Å². The number of allylic oxidation sites excluding steroid dienone is 2. The molecule has 0 aliphatic carbocycles. The Hall–Kier alpha value is -2.85. The van der Waals surface area contributed by atoms with Gasteiger partial charge in [0.1, 0.15) is 17.7 Å². The molecule has 0 aliphatic heterocycles. The number of rotatable bonds is 4. The quantitative estimate of drug-likeness (QED) is 0.858. The number of halogens is 1. The Labute approximate surface area is 129 Å². The van der Waals surface area contributed by atoms with Crippen LogP contribution in [0.1, 0.15) is 18.1 Å². The molecule has 22 heavy (non-hydrogen) atoms. The van der Waals surface area contributed by atoms with Crippen LogP contribution in [0.5, 0.6) is 0 Å². The molecule has 0 unspecified atom stereocenters. The fraction of sp³-hybridized carbons (Fsp3) is 0.222. The third-order valence-corrected chi connectivity index (χ3v) is 3.72. The van der Waals surface area contributed by atoms with Crippen LogP contribution in [0.4, 0.5) is 10.1 Å². The maximum absolute atomic E-state index is 12.5. The number of aryl methyl sites for hydroxylation is 1. The third-order valence-electron chi connectivity index (χ3n) is 3.72. The first kappa shape index (κ1) is 15.5. The minimum atomic E-state index is -0.377. The summed E-state index contributed by atoms with van der Waals surface area (Å²) in [5.41, 5.74) is 3.39. The fourth-order valence-corrected chi connectivity index (χ4v) is 2.55. The van der Waals surface area contributed by atoms with Crippen molar-refractivity contribution in [3.63, 3.8) is 0 Å². The van der Waals surface area contributed by atoms with Gasteiger partial charge in [0.15, 0.2) is 0 Å². The van der Waals surface area contributed by atoms with E-state index in [0.29, 0.717) is 12.0 Å². The van der Waals surface area contributed by atoms with Crippen molar-refractivity contribution in [3.8, 4) is 12.1 Å². The molecule has 1 N–H and O–H groups in total. The van der Waals surface area contributed by atoms with Gasteiger partial charge in [0, 0.05) is 30.1 Å². The molecule has 2 aromatic carbocycles. The molecular weight excluding hydrogens is 276 g/mol. The molecule has 0 heterocycles. The zero-order chi connectivity index (χ0) is 16.1. The molecule has 3 nitrogen and oxygen atoms in total. The zero-order valence-corrected chi connectivity index (χ0v) is 12.6. The molecule has 0 saturated carbocycles. The summed E-state index contributed by atoms with van der Waals surface area (Å²) in [6.07, 6.45) is 0.401. The average molecular weight is 292 g/mol. The lowest BCUT2D eigenvalue weighted by Gasteiger charge is -2.14. The number of benzene rings is 2. The lowest BCUT2D eigenvalue weighted by Crippen LogP contribution is -1.97. The van der Waals surface area contributed by atoms with Crippen LogP contribution >= 0.6 is 0 Å². The van der Waals surface area contributed by atoms with Gasteiger partial charge in [-0.2, -0.15) is 10.5 Å². The molecular formula is C18H16FN3. The number of hydrogen-bond donors (Lipinski definition) is 1. The Balaban J connectivity index is 2.70. The summed E-state index contributed by atoms with van der Waals surface area (Å²) >= 11 is 0. The highest BCUT2D eigenvalue weighted by molar-refractivity contribution is 6.00. The van der Waals surface area contributed by atoms with Gasteiger partial charge in [-0.1, -0.05) is 30.3 Å². The van der Waals surface area contributed by atoms with E-state index in [4.69, 9.17) is 10.5 Å². The molecule has 0 aliphatic rings. The summed E-state index contributed by atoms with van der Waals surface area (Å²) in [5.74, 6) is 0. The average Bonchev–Trinajstić information content (AvgIpc) is 2.54. The van der Waals surface area contributed by atoms with Gasteiger partial charge in [-0.15, -0.1) is 0 Å². The highest BCUT2D eigenvalue weighted by Gasteiger charge is 2.12. The highest BCUT2D eigenvalue weighted by Crippen LogP contribution is 2.33. The van der Waals surface area contributed by atoms with Crippen molar-refractivity contribution in [2.24, 2.45) is 0 Å². The number of anilines is 1. The van der Waals surface area contributed by atoms with Crippen molar-refractivity contribution in [3.05, 3.63) is 47.0 Å². The molecule has 0 amide bonds. The van der Waals surface area contributed by atoms with Gasteiger partial charge in [-0.25, -0.2) is 0 Å². The van der Waals surface area contributed by atoms with Crippen molar-refractivity contribution < 1.29 is 4.39 Å². The van der Waals surface area contributed by atoms with Crippen LogP contribution in [0.25, 0.3) is 16.3 Å². The monoisotopic (exact) mass is 292 g/mol. The molecule has 0 atom stereocenters. The predicted molar refractivity (Wildman–Crippen MR) is 87.0 cm³/mol. The molecule has 0 spiro atoms. The Bertz CT molecular complexity index is 807. The Kier molecular flexibility index (Phi) is 4.76. The van der Waals surface area contributed by atoms with Crippen LogP contribution in [0.2, 0.25) is 0 Å². The van der Waals surface area contributed by atoms with Crippen LogP contribution in [0, 0.1) is 22.7 Å². The van der Waals surface area contributed by atoms with E-state index < -0.39 is 0 Å². The molecule has 0 radical (unpaired) electrons. The lowest BCUT2D eigenvalue weighted by atomic mass is 9.95. The van der Waals surface area contributed by atoms with Gasteiger partial charge in [0.05, 0.1) is 6.67 Å². The van der Waals surface area contributed by atoms with Gasteiger partial charge in [-0.05, 0) is 23.4 Å². The number of fused-ring (bicyclic) bond motifs is 1. The van der Waals surface area contributed by atoms with E-state index in [1.165, 1.54) is 0 Å². The first-order chi connectivity index (χ1) is 10.7. The van der Waals surface area contributed by atoms with Crippen LogP contribution < -0.4 is 5.32 Å². The predicted octanol–water partition coefficient (Wildman–Crippen LogP) is 4.21. The standard InChI is InChI=1S/C18H16FN3/c1-12(15(10-20)11-21)16-6-4-14-9-13(7-8-19)3-5-17(14)18(16)22-2/h3-6,9,22H,7-8H2,1-2H3/i19-1. The second kappa shape index (κ2) is 6.74. The van der Waals surface area contributed by atoms with Crippen LogP contribution in [0.3, 0.4) is 0 Å². The summed E-state index contributed by atoms with van der Waals surface area (Å²) < 4.78 is 12.5. The van der Waals surface area contributed by atoms with Crippen molar-refractivity contribution >= 4 is 22.0 Å². The van der Waals surface area contributed by atoms with E-state index in [9.17, 15) is 4.39 Å². The normalized spacial score (nSPS) is 9.86. The van der Waals surface area contributed by atoms with Gasteiger partial charge < -0.3 is 5.32 Å². The van der Waals surface area contributed by atoms with Gasteiger partial charge in [0.2, 0.25) is 0 Å². The topological polar surface area (TPSA) is 59.6 Å². The Morgan fingerprint density at radius 1 is 1.18 bits per heavy atom. The van der Waals surface area contributed by atoms with Gasteiger partial charge in [-0.3, -0.25) is 4.39 Å². The second-order valence-corrected chi connectivity index (χ2v) is 4.96. The van der Waals surface area contributed by atoms with E-state index in [0.717, 1.165) is 27.6 Å². The second-order valence-electron chi connectivity index (χ2n) is 4.96. The van der Waals surface area contributed by atoms with Crippen molar-refractivity contribution in [2.45, 2.75) is 13.3 Å². The summed E-state index contributed by atoms with van der Waals surface area (Å²) in [5, 5.41) is 23.2. The largest absolute Gasteiger partial charge is 0.387 e. The molecule has 0 bridgehead atoms. The minimum Gasteiger partial charge on any atom is -0.387 e. The third kappa shape index (κ3) is 2.77. The van der Waals surface area contributed by atoms with E-state index in [1.807, 2.05) is 42.5 Å². The number of hydrogen-bond acceptors (Lipinski definition) is 3. The van der Waals surface area contributed by atoms with Crippen molar-refractivity contribution in [2.75, 3.05) is 19.0 Å². The highest BCUT2D eigenvalue weighted by atomic mass is 18.2. The SMILES string of the molecule is CNc1c(C(C)=C(C#N)C#N)ccc2cc(CC[18F])ccc12. The maximum atomic E-state index is 12.5. The number of nitrogens with zero attached hydrogens (tertiary/aromatic N) is 2. The zero-order valence-electron chi connectivity index (χ0n) is 12.6. The molecule has 4 heteroatoms. The lowest BCUT2D eigenvalue weighted by molar-refractivity contribution is 0.495. The number of nitriles is 2. The summed E-state index contributed by atoms with van der Waals surface area (Å²) in [7, 11) is 1.81. The minimum absolute atomic E-state index is 0.102. The molecule has 110 valence electrons. The summed E-state index contributed by atoms with van der Waals surface area (Å²) in [4.78, 5) is 0. The molecule has 2 aromatic rings. The van der Waals surface area contributed by atoms with Crippen LogP contribution in [-0.4, -0.2) is 13.7 Å². The summed E-state index contributed by atoms with van der Waals surface area (Å²) in [6.45, 7) is 1.39. The Morgan fingerprint density at radius 2 is 1.91 bits per heavy atom. The van der Waals surface area contributed by atoms with Gasteiger partial charge in [0.25, 0.3) is 0 Å². The summed E-state index contributed by atoms with van der Waals surface area (Å²) in [6, 6.07) is 13.5. The Morgan fingerprint density at radius 3 is 2.50 bits per heavy atom. The molecule has 0 fully saturated rings. The first-order valence-corrected chi connectivity index (χ1v) is 6.97. The van der Waals surface area contributed by atoms with Gasteiger partial charge >= 0.3 is 0 Å². The van der Waals surface area contributed by atoms with E-state index in [1.54, 1.807) is 14.0 Å². The smallest absolute Gasteiger partial charge is 0.133 e. The fourth-order valence-electron chi connectivity index (χ4n) is 2.55. The maximum Gasteiger partial charge on any atom is 0.133 e. The van der Waals surface area contributed by atoms with E-state index in [-0.39, 0.29) is 12.2 Å². The first-order valence-electron chi connectivity index (χ1n) is 6.97. The number of nitrogens with one attached hydrogen (secondary N) is 1. The van der Waals surface area contributed by atoms with Crippen molar-refractivity contribution in [1.29, 1.82) is 10.5 Å². The number of alkyl halides is 1. The molecule has 0 aromatic heterocycles. The van der Waals surface area contributed by atoms with Crippen molar-refractivity contribution in [1.82, 2.24) is 0 Å².